The van der Waals surface area contributed by atoms with Crippen LogP contribution in [-0.4, -0.2) is 43.6 Å². The van der Waals surface area contributed by atoms with Crippen LogP contribution in [-0.2, 0) is 26.2 Å². The fraction of sp³-hybridized carbons (Fsp3) is 0.381. The van der Waals surface area contributed by atoms with E-state index in [0.717, 1.165) is 9.13 Å². The molecule has 0 saturated heterocycles. The Balaban J connectivity index is 0.000000330. The van der Waals surface area contributed by atoms with Crippen LogP contribution in [0.4, 0.5) is 11.6 Å². The summed E-state index contributed by atoms with van der Waals surface area (Å²) in [7, 11) is 3.61. The van der Waals surface area contributed by atoms with Crippen molar-refractivity contribution in [3.8, 4) is 24.7 Å². The Morgan fingerprint density at radius 2 is 1.38 bits per heavy atom. The predicted molar refractivity (Wildman–Crippen MR) is 125 cm³/mol. The first-order valence-corrected chi connectivity index (χ1v) is 9.65. The normalized spacial score (nSPS) is 10.2. The van der Waals surface area contributed by atoms with Crippen molar-refractivity contribution in [3.63, 3.8) is 0 Å². The highest BCUT2D eigenvalue weighted by atomic mass is 16.2. The Bertz CT molecular complexity index is 1290. The summed E-state index contributed by atoms with van der Waals surface area (Å²) in [4.78, 5) is 52.4. The van der Waals surface area contributed by atoms with E-state index in [1.54, 1.807) is 32.8 Å². The first-order chi connectivity index (χ1) is 15.1. The first kappa shape index (κ1) is 25.8. The molecule has 11 heteroatoms. The summed E-state index contributed by atoms with van der Waals surface area (Å²) < 4.78 is 4.68. The average molecular weight is 441 g/mol. The molecular weight excluding hydrogens is 414 g/mol. The molecule has 2 N–H and O–H groups in total. The van der Waals surface area contributed by atoms with Gasteiger partial charge in [-0.05, 0) is 13.8 Å². The second kappa shape index (κ2) is 11.8. The Labute approximate surface area is 185 Å². The lowest BCUT2D eigenvalue weighted by molar-refractivity contribution is 0.610. The third-order valence-electron chi connectivity index (χ3n) is 4.12. The zero-order chi connectivity index (χ0) is 24.4. The van der Waals surface area contributed by atoms with E-state index < -0.39 is 22.5 Å². The first-order valence-electron chi connectivity index (χ1n) is 9.65. The number of hydrogen-bond donors (Lipinski definition) is 1. The molecule has 0 aliphatic rings. The molecule has 0 atom stereocenters. The molecule has 0 amide bonds. The van der Waals surface area contributed by atoms with E-state index in [2.05, 4.69) is 16.8 Å². The molecule has 2 rings (SSSR count). The lowest BCUT2D eigenvalue weighted by Crippen LogP contribution is -2.40. The van der Waals surface area contributed by atoms with Gasteiger partial charge in [-0.2, -0.15) is 0 Å². The standard InChI is InChI=1S/C12H16N4O2.C9H11N3O2/c1-5-7-16-11(17)8-10(13-9-14(3)4)15(6-2)12(16)18;1-3-5-12-8(13)6-7(10)11(4-2)9(12)14/h1,8-9H,6-7H2,2-4H3;1,6H,4-5,10H2,2H3. The monoisotopic (exact) mass is 441 g/mol. The molecule has 2 aromatic rings. The Kier molecular flexibility index (Phi) is 9.52. The molecule has 0 saturated carbocycles. The second-order valence-electron chi connectivity index (χ2n) is 6.59. The highest BCUT2D eigenvalue weighted by Crippen LogP contribution is 2.05. The molecule has 0 unspecified atom stereocenters. The van der Waals surface area contributed by atoms with Crippen LogP contribution in [0.3, 0.4) is 0 Å². The lowest BCUT2D eigenvalue weighted by atomic mass is 10.5. The highest BCUT2D eigenvalue weighted by Gasteiger charge is 2.08. The van der Waals surface area contributed by atoms with Gasteiger partial charge in [-0.3, -0.25) is 18.7 Å². The van der Waals surface area contributed by atoms with Gasteiger partial charge in [0, 0.05) is 39.3 Å². The summed E-state index contributed by atoms with van der Waals surface area (Å²) in [6.45, 7) is 4.34. The largest absolute Gasteiger partial charge is 0.385 e. The van der Waals surface area contributed by atoms with Crippen molar-refractivity contribution in [2.24, 2.45) is 4.99 Å². The van der Waals surface area contributed by atoms with Gasteiger partial charge in [-0.25, -0.2) is 23.7 Å². The minimum atomic E-state index is -0.463. The number of aliphatic imine (C=N–C) groups is 1. The van der Waals surface area contributed by atoms with E-state index in [1.165, 1.54) is 27.6 Å². The number of nitrogens with zero attached hydrogens (tertiary/aromatic N) is 6. The van der Waals surface area contributed by atoms with E-state index in [-0.39, 0.29) is 18.9 Å². The van der Waals surface area contributed by atoms with Crippen molar-refractivity contribution in [2.45, 2.75) is 40.0 Å². The van der Waals surface area contributed by atoms with Gasteiger partial charge in [0.2, 0.25) is 0 Å². The molecule has 0 fully saturated rings. The molecule has 0 bridgehead atoms. The van der Waals surface area contributed by atoms with Crippen molar-refractivity contribution in [1.82, 2.24) is 23.2 Å². The van der Waals surface area contributed by atoms with E-state index in [4.69, 9.17) is 18.6 Å². The van der Waals surface area contributed by atoms with Crippen LogP contribution < -0.4 is 28.2 Å². The molecule has 32 heavy (non-hydrogen) atoms. The van der Waals surface area contributed by atoms with Crippen LogP contribution >= 0.6 is 0 Å². The van der Waals surface area contributed by atoms with E-state index in [0.29, 0.717) is 18.9 Å². The SMILES string of the molecule is C#CCn1c(=O)cc(N)n(CC)c1=O.C#CCn1c(=O)cc(N=CN(C)C)n(CC)c1=O. The Hall–Kier alpha value is -4.25. The van der Waals surface area contributed by atoms with Gasteiger partial charge in [0.1, 0.15) is 11.6 Å². The average Bonchev–Trinajstić information content (AvgIpc) is 2.73. The number of nitrogens with two attached hydrogens (primary N) is 1. The molecule has 0 spiro atoms. The van der Waals surface area contributed by atoms with Crippen molar-refractivity contribution in [3.05, 3.63) is 53.8 Å². The molecule has 170 valence electrons. The molecule has 0 aromatic carbocycles. The summed E-state index contributed by atoms with van der Waals surface area (Å²) in [5.41, 5.74) is 3.70. The summed E-state index contributed by atoms with van der Waals surface area (Å²) in [5, 5.41) is 0. The van der Waals surface area contributed by atoms with Crippen LogP contribution in [0, 0.1) is 24.7 Å². The van der Waals surface area contributed by atoms with Crippen LogP contribution in [0.5, 0.6) is 0 Å². The van der Waals surface area contributed by atoms with Crippen molar-refractivity contribution < 1.29 is 0 Å². The number of anilines is 1. The van der Waals surface area contributed by atoms with Crippen molar-refractivity contribution in [2.75, 3.05) is 19.8 Å². The summed E-state index contributed by atoms with van der Waals surface area (Å²) >= 11 is 0. The summed E-state index contributed by atoms with van der Waals surface area (Å²) in [5.74, 6) is 5.03. The topological polar surface area (TPSA) is 130 Å². The third-order valence-corrected chi connectivity index (χ3v) is 4.12. The van der Waals surface area contributed by atoms with E-state index in [1.807, 2.05) is 0 Å². The van der Waals surface area contributed by atoms with Crippen LogP contribution in [0.2, 0.25) is 0 Å². The molecule has 2 aromatic heterocycles. The van der Waals surface area contributed by atoms with E-state index >= 15 is 0 Å². The van der Waals surface area contributed by atoms with Gasteiger partial charge < -0.3 is 10.6 Å². The second-order valence-corrected chi connectivity index (χ2v) is 6.59. The van der Waals surface area contributed by atoms with Gasteiger partial charge in [0.25, 0.3) is 11.1 Å². The number of hydrogen-bond acceptors (Lipinski definition) is 6. The smallest absolute Gasteiger partial charge is 0.333 e. The number of terminal acetylenes is 2. The van der Waals surface area contributed by atoms with Gasteiger partial charge >= 0.3 is 11.4 Å². The number of aromatic nitrogens is 4. The quantitative estimate of drug-likeness (QED) is 0.352. The predicted octanol–water partition coefficient (Wildman–Crippen LogP) is -0.870. The Morgan fingerprint density at radius 3 is 1.81 bits per heavy atom. The third kappa shape index (κ3) is 6.12. The summed E-state index contributed by atoms with van der Waals surface area (Å²) in [6.07, 6.45) is 11.7. The fourth-order valence-corrected chi connectivity index (χ4v) is 2.61. The van der Waals surface area contributed by atoms with Gasteiger partial charge in [-0.1, -0.05) is 11.8 Å². The zero-order valence-corrected chi connectivity index (χ0v) is 18.6. The summed E-state index contributed by atoms with van der Waals surface area (Å²) in [6, 6.07) is 2.50. The van der Waals surface area contributed by atoms with Gasteiger partial charge in [-0.15, -0.1) is 12.8 Å². The van der Waals surface area contributed by atoms with E-state index in [9.17, 15) is 19.2 Å². The maximum absolute atomic E-state index is 12.0. The van der Waals surface area contributed by atoms with Crippen LogP contribution in [0.15, 0.2) is 36.3 Å². The number of rotatable bonds is 6. The Morgan fingerprint density at radius 1 is 0.906 bits per heavy atom. The van der Waals surface area contributed by atoms with Crippen molar-refractivity contribution in [1.29, 1.82) is 0 Å². The fourth-order valence-electron chi connectivity index (χ4n) is 2.61. The molecular formula is C21H27N7O4. The maximum atomic E-state index is 12.0. The zero-order valence-electron chi connectivity index (χ0n) is 18.6. The van der Waals surface area contributed by atoms with Crippen LogP contribution in [0.25, 0.3) is 0 Å². The minimum Gasteiger partial charge on any atom is -0.385 e. The van der Waals surface area contributed by atoms with Crippen molar-refractivity contribution >= 4 is 18.0 Å². The molecule has 11 nitrogen and oxygen atoms in total. The lowest BCUT2D eigenvalue weighted by Gasteiger charge is -2.10. The van der Waals surface area contributed by atoms with Gasteiger partial charge in [0.15, 0.2) is 0 Å². The maximum Gasteiger partial charge on any atom is 0.333 e. The van der Waals surface area contributed by atoms with Crippen LogP contribution in [0.1, 0.15) is 13.8 Å². The highest BCUT2D eigenvalue weighted by molar-refractivity contribution is 5.58. The number of nitrogen functional groups attached to an aromatic ring is 1. The minimum absolute atomic E-state index is 0.0298. The van der Waals surface area contributed by atoms with Gasteiger partial charge in [0.05, 0.1) is 19.4 Å². The molecule has 0 radical (unpaired) electrons. The molecule has 2 heterocycles. The molecule has 0 aliphatic heterocycles. The molecule has 0 aliphatic carbocycles.